The van der Waals surface area contributed by atoms with Crippen LogP contribution in [0.2, 0.25) is 5.02 Å². The number of benzene rings is 2. The first-order valence-electron chi connectivity index (χ1n) is 8.04. The Morgan fingerprint density at radius 1 is 1.24 bits per heavy atom. The summed E-state index contributed by atoms with van der Waals surface area (Å²) in [5.74, 6) is 0.0771. The number of halogens is 1. The van der Waals surface area contributed by atoms with Crippen molar-refractivity contribution >= 4 is 29.1 Å². The number of aromatic nitrogens is 3. The van der Waals surface area contributed by atoms with Crippen LogP contribution in [0.15, 0.2) is 60.0 Å². The van der Waals surface area contributed by atoms with Crippen LogP contribution in [0.3, 0.4) is 0 Å². The third-order valence-corrected chi connectivity index (χ3v) is 5.19. The number of aryl methyl sites for hydroxylation is 1. The number of carbonyl (C=O) groups excluding carboxylic acids is 1. The maximum absolute atomic E-state index is 12.7. The predicted octanol–water partition coefficient (Wildman–Crippen LogP) is 4.85. The van der Waals surface area contributed by atoms with Crippen LogP contribution in [0.4, 0.5) is 0 Å². The quantitative estimate of drug-likeness (QED) is 0.459. The van der Waals surface area contributed by atoms with Gasteiger partial charge in [-0.2, -0.15) is 0 Å². The third-order valence-electron chi connectivity index (χ3n) is 3.90. The van der Waals surface area contributed by atoms with E-state index in [1.165, 1.54) is 17.3 Å². The molecule has 0 N–H and O–H groups in total. The van der Waals surface area contributed by atoms with E-state index < -0.39 is 0 Å². The molecule has 4 nitrogen and oxygen atoms in total. The summed E-state index contributed by atoms with van der Waals surface area (Å²) in [7, 11) is 0. The molecule has 0 fully saturated rings. The molecule has 0 aliphatic rings. The zero-order chi connectivity index (χ0) is 17.8. The van der Waals surface area contributed by atoms with Gasteiger partial charge < -0.3 is 0 Å². The van der Waals surface area contributed by atoms with E-state index in [1.807, 2.05) is 60.0 Å². The molecule has 128 valence electrons. The zero-order valence-electron chi connectivity index (χ0n) is 14.0. The Balaban J connectivity index is 1.78. The predicted molar refractivity (Wildman–Crippen MR) is 102 cm³/mol. The highest BCUT2D eigenvalue weighted by Crippen LogP contribution is 2.27. The first-order valence-corrected chi connectivity index (χ1v) is 9.30. The molecule has 0 aliphatic carbocycles. The van der Waals surface area contributed by atoms with Gasteiger partial charge in [-0.15, -0.1) is 10.2 Å². The van der Waals surface area contributed by atoms with Gasteiger partial charge in [-0.05, 0) is 37.1 Å². The first kappa shape index (κ1) is 17.7. The molecule has 0 amide bonds. The molecule has 1 aromatic heterocycles. The number of hydrogen-bond acceptors (Lipinski definition) is 4. The van der Waals surface area contributed by atoms with Gasteiger partial charge in [0.1, 0.15) is 6.33 Å². The molecule has 25 heavy (non-hydrogen) atoms. The molecule has 0 aliphatic heterocycles. The molecule has 1 atom stereocenters. The molecule has 3 rings (SSSR count). The lowest BCUT2D eigenvalue weighted by molar-refractivity contribution is 0.0994. The summed E-state index contributed by atoms with van der Waals surface area (Å²) in [6.45, 7) is 3.98. The molecule has 0 bridgehead atoms. The second-order valence-electron chi connectivity index (χ2n) is 5.64. The van der Waals surface area contributed by atoms with Gasteiger partial charge in [0.15, 0.2) is 10.9 Å². The normalized spacial score (nSPS) is 12.1. The summed E-state index contributed by atoms with van der Waals surface area (Å²) in [5.41, 5.74) is 2.80. The molecule has 0 saturated heterocycles. The van der Waals surface area contributed by atoms with Crippen molar-refractivity contribution in [3.63, 3.8) is 0 Å². The highest BCUT2D eigenvalue weighted by Gasteiger charge is 2.20. The van der Waals surface area contributed by atoms with E-state index in [9.17, 15) is 4.79 Å². The average molecular weight is 372 g/mol. The maximum Gasteiger partial charge on any atom is 0.196 e. The van der Waals surface area contributed by atoms with E-state index in [-0.39, 0.29) is 11.0 Å². The highest BCUT2D eigenvalue weighted by atomic mass is 35.5. The van der Waals surface area contributed by atoms with Crippen LogP contribution in [0.25, 0.3) is 5.69 Å². The number of hydrogen-bond donors (Lipinski definition) is 0. The van der Waals surface area contributed by atoms with Crippen LogP contribution in [-0.2, 0) is 6.42 Å². The fourth-order valence-electron chi connectivity index (χ4n) is 2.46. The topological polar surface area (TPSA) is 47.8 Å². The summed E-state index contributed by atoms with van der Waals surface area (Å²) >= 11 is 7.45. The second kappa shape index (κ2) is 7.85. The molecule has 3 aromatic rings. The molecule has 0 radical (unpaired) electrons. The van der Waals surface area contributed by atoms with Gasteiger partial charge in [0.05, 0.1) is 10.9 Å². The van der Waals surface area contributed by atoms with Crippen LogP contribution in [0.5, 0.6) is 0 Å². The third kappa shape index (κ3) is 4.11. The van der Waals surface area contributed by atoms with E-state index in [0.717, 1.165) is 12.1 Å². The number of thioether (sulfide) groups is 1. The SMILES string of the molecule is CCc1ccc(C(=O)C(C)Sc2nncn2-c2cccc(Cl)c2)cc1. The standard InChI is InChI=1S/C19H18ClN3OS/c1-3-14-7-9-15(10-8-14)18(24)13(2)25-19-22-21-12-23(19)17-6-4-5-16(20)11-17/h4-13H,3H2,1-2H3. The summed E-state index contributed by atoms with van der Waals surface area (Å²) in [6, 6.07) is 15.2. The van der Waals surface area contributed by atoms with E-state index in [0.29, 0.717) is 15.7 Å². The Hall–Kier alpha value is -2.11. The van der Waals surface area contributed by atoms with Crippen LogP contribution >= 0.6 is 23.4 Å². The van der Waals surface area contributed by atoms with Crippen molar-refractivity contribution in [2.75, 3.05) is 0 Å². The van der Waals surface area contributed by atoms with Crippen molar-refractivity contribution in [2.45, 2.75) is 30.7 Å². The molecule has 1 heterocycles. The Morgan fingerprint density at radius 3 is 2.68 bits per heavy atom. The Labute approximate surface area is 156 Å². The Bertz CT molecular complexity index is 876. The average Bonchev–Trinajstić information content (AvgIpc) is 3.09. The summed E-state index contributed by atoms with van der Waals surface area (Å²) in [4.78, 5) is 12.7. The van der Waals surface area contributed by atoms with Crippen molar-refractivity contribution in [3.8, 4) is 5.69 Å². The molecule has 2 aromatic carbocycles. The molecule has 1 unspecified atom stereocenters. The second-order valence-corrected chi connectivity index (χ2v) is 7.38. The van der Waals surface area contributed by atoms with Crippen LogP contribution in [0.1, 0.15) is 29.8 Å². The first-order chi connectivity index (χ1) is 12.1. The minimum atomic E-state index is -0.269. The molecular formula is C19H18ClN3OS. The van der Waals surface area contributed by atoms with Gasteiger partial charge in [-0.3, -0.25) is 9.36 Å². The van der Waals surface area contributed by atoms with E-state index >= 15 is 0 Å². The largest absolute Gasteiger partial charge is 0.293 e. The highest BCUT2D eigenvalue weighted by molar-refractivity contribution is 8.00. The lowest BCUT2D eigenvalue weighted by Crippen LogP contribution is -2.14. The minimum Gasteiger partial charge on any atom is -0.293 e. The van der Waals surface area contributed by atoms with E-state index in [2.05, 4.69) is 17.1 Å². The lowest BCUT2D eigenvalue weighted by atomic mass is 10.1. The number of nitrogens with zero attached hydrogens (tertiary/aromatic N) is 3. The number of rotatable bonds is 6. The molecule has 0 saturated carbocycles. The van der Waals surface area contributed by atoms with Crippen LogP contribution in [-0.4, -0.2) is 25.8 Å². The number of ketones is 1. The molecule has 0 spiro atoms. The smallest absolute Gasteiger partial charge is 0.196 e. The summed E-state index contributed by atoms with van der Waals surface area (Å²) in [5, 5.41) is 9.15. The minimum absolute atomic E-state index is 0.0771. The van der Waals surface area contributed by atoms with Crippen LogP contribution < -0.4 is 0 Å². The Kier molecular flexibility index (Phi) is 5.56. The fourth-order valence-corrected chi connectivity index (χ4v) is 3.56. The number of Topliss-reactive ketones (excluding diaryl/α,β-unsaturated/α-hetero) is 1. The fraction of sp³-hybridized carbons (Fsp3) is 0.211. The molecule has 6 heteroatoms. The summed E-state index contributed by atoms with van der Waals surface area (Å²) < 4.78 is 1.83. The number of carbonyl (C=O) groups is 1. The van der Waals surface area contributed by atoms with Crippen LogP contribution in [0, 0.1) is 0 Å². The van der Waals surface area contributed by atoms with E-state index in [1.54, 1.807) is 6.33 Å². The van der Waals surface area contributed by atoms with Gasteiger partial charge in [0.2, 0.25) is 0 Å². The van der Waals surface area contributed by atoms with Gasteiger partial charge in [-0.25, -0.2) is 0 Å². The van der Waals surface area contributed by atoms with Crippen molar-refractivity contribution in [2.24, 2.45) is 0 Å². The van der Waals surface area contributed by atoms with Gasteiger partial charge >= 0.3 is 0 Å². The summed E-state index contributed by atoms with van der Waals surface area (Å²) in [6.07, 6.45) is 2.59. The van der Waals surface area contributed by atoms with Gasteiger partial charge in [0, 0.05) is 10.6 Å². The monoisotopic (exact) mass is 371 g/mol. The van der Waals surface area contributed by atoms with E-state index in [4.69, 9.17) is 11.6 Å². The molecular weight excluding hydrogens is 354 g/mol. The van der Waals surface area contributed by atoms with Crippen molar-refractivity contribution in [1.82, 2.24) is 14.8 Å². The van der Waals surface area contributed by atoms with Gasteiger partial charge in [-0.1, -0.05) is 60.6 Å². The maximum atomic E-state index is 12.7. The zero-order valence-corrected chi connectivity index (χ0v) is 15.6. The van der Waals surface area contributed by atoms with Gasteiger partial charge in [0.25, 0.3) is 0 Å². The Morgan fingerprint density at radius 2 is 2.00 bits per heavy atom. The van der Waals surface area contributed by atoms with Crippen molar-refractivity contribution in [1.29, 1.82) is 0 Å². The lowest BCUT2D eigenvalue weighted by Gasteiger charge is -2.11. The van der Waals surface area contributed by atoms with Crippen molar-refractivity contribution < 1.29 is 4.79 Å². The van der Waals surface area contributed by atoms with Crippen molar-refractivity contribution in [3.05, 3.63) is 71.0 Å².